The number of nitrogens with zero attached hydrogens (tertiary/aromatic N) is 1. The van der Waals surface area contributed by atoms with E-state index in [4.69, 9.17) is 0 Å². The number of hydrogen-bond acceptors (Lipinski definition) is 2. The first-order chi connectivity index (χ1) is 15.8. The van der Waals surface area contributed by atoms with Gasteiger partial charge in [-0.25, -0.2) is 0 Å². The van der Waals surface area contributed by atoms with Crippen molar-refractivity contribution >= 4 is 37.1 Å². The smallest absolute Gasteiger partial charge is 0.0558 e. The van der Waals surface area contributed by atoms with Crippen LogP contribution in [0.4, 0.5) is 0 Å². The molecule has 0 fully saturated rings. The van der Waals surface area contributed by atoms with Crippen LogP contribution in [0.2, 0.25) is 0 Å². The summed E-state index contributed by atoms with van der Waals surface area (Å²) in [5.74, 6) is 0. The van der Waals surface area contributed by atoms with Crippen LogP contribution < -0.4 is 21.2 Å². The van der Waals surface area contributed by atoms with Crippen LogP contribution >= 0.6 is 15.8 Å². The zero-order chi connectivity index (χ0) is 22.0. The number of aliphatic hydroxyl groups excluding tert-OH is 1. The highest BCUT2D eigenvalue weighted by molar-refractivity contribution is 7.73. The van der Waals surface area contributed by atoms with Crippen LogP contribution in [0.15, 0.2) is 121 Å². The lowest BCUT2D eigenvalue weighted by Crippen LogP contribution is -2.34. The third-order valence-electron chi connectivity index (χ3n) is 5.37. The molecule has 1 N–H and O–H groups in total. The predicted molar refractivity (Wildman–Crippen MR) is 142 cm³/mol. The zero-order valence-corrected chi connectivity index (χ0v) is 20.0. The van der Waals surface area contributed by atoms with Crippen molar-refractivity contribution < 1.29 is 5.11 Å². The van der Waals surface area contributed by atoms with Gasteiger partial charge in [-0.2, -0.15) is 0 Å². The second-order valence-corrected chi connectivity index (χ2v) is 11.9. The maximum atomic E-state index is 9.92. The lowest BCUT2D eigenvalue weighted by molar-refractivity contribution is 0.233. The Morgan fingerprint density at radius 3 is 1.00 bits per heavy atom. The van der Waals surface area contributed by atoms with Crippen LogP contribution in [0.3, 0.4) is 0 Å². The van der Waals surface area contributed by atoms with Crippen molar-refractivity contribution in [3.8, 4) is 0 Å². The molecule has 0 aliphatic rings. The van der Waals surface area contributed by atoms with Crippen LogP contribution in [-0.2, 0) is 0 Å². The SMILES string of the molecule is OCCN(CP(c1ccccc1)c1ccccc1)CP(c1ccccc1)c1ccccc1. The largest absolute Gasteiger partial charge is 0.395 e. The van der Waals surface area contributed by atoms with Gasteiger partial charge in [0, 0.05) is 19.1 Å². The first-order valence-corrected chi connectivity index (χ1v) is 14.0. The Hall–Kier alpha value is -2.34. The highest BCUT2D eigenvalue weighted by Crippen LogP contribution is 2.39. The van der Waals surface area contributed by atoms with E-state index < -0.39 is 15.8 Å². The van der Waals surface area contributed by atoms with Crippen molar-refractivity contribution in [3.05, 3.63) is 121 Å². The summed E-state index contributed by atoms with van der Waals surface area (Å²) >= 11 is 0. The molecular formula is C28H29NOP2. The summed E-state index contributed by atoms with van der Waals surface area (Å²) in [6.07, 6.45) is 1.87. The van der Waals surface area contributed by atoms with Gasteiger partial charge < -0.3 is 5.11 Å². The fourth-order valence-electron chi connectivity index (χ4n) is 3.78. The topological polar surface area (TPSA) is 23.5 Å². The quantitative estimate of drug-likeness (QED) is 0.356. The molecule has 4 aromatic carbocycles. The maximum Gasteiger partial charge on any atom is 0.0558 e. The van der Waals surface area contributed by atoms with Gasteiger partial charge in [-0.15, -0.1) is 0 Å². The molecule has 4 heteroatoms. The van der Waals surface area contributed by atoms with Crippen molar-refractivity contribution in [2.75, 3.05) is 25.7 Å². The molecule has 0 spiro atoms. The van der Waals surface area contributed by atoms with Crippen molar-refractivity contribution in [3.63, 3.8) is 0 Å². The summed E-state index contributed by atoms with van der Waals surface area (Å²) in [7, 11) is -1.09. The molecule has 4 rings (SSSR count). The van der Waals surface area contributed by atoms with E-state index in [9.17, 15) is 5.11 Å². The molecule has 0 saturated heterocycles. The first kappa shape index (κ1) is 22.8. The lowest BCUT2D eigenvalue weighted by Gasteiger charge is -2.31. The van der Waals surface area contributed by atoms with Crippen LogP contribution in [0.5, 0.6) is 0 Å². The Morgan fingerprint density at radius 2 is 0.750 bits per heavy atom. The second kappa shape index (κ2) is 12.0. The predicted octanol–water partition coefficient (Wildman–Crippen LogP) is 4.46. The molecule has 0 aromatic heterocycles. The molecule has 0 aliphatic heterocycles. The Labute approximate surface area is 194 Å². The van der Waals surface area contributed by atoms with E-state index in [1.165, 1.54) is 21.2 Å². The second-order valence-electron chi connectivity index (χ2n) is 7.60. The van der Waals surface area contributed by atoms with Crippen molar-refractivity contribution in [1.82, 2.24) is 4.90 Å². The van der Waals surface area contributed by atoms with E-state index in [0.717, 1.165) is 12.6 Å². The minimum absolute atomic E-state index is 0.166. The lowest BCUT2D eigenvalue weighted by atomic mass is 10.4. The van der Waals surface area contributed by atoms with Crippen LogP contribution in [0.1, 0.15) is 0 Å². The van der Waals surface area contributed by atoms with Crippen LogP contribution in [0.25, 0.3) is 0 Å². The van der Waals surface area contributed by atoms with Gasteiger partial charge in [-0.3, -0.25) is 4.90 Å². The van der Waals surface area contributed by atoms with Gasteiger partial charge in [0.05, 0.1) is 6.61 Å². The number of aliphatic hydroxyl groups is 1. The summed E-state index contributed by atoms with van der Waals surface area (Å²) in [4.78, 5) is 2.47. The fraction of sp³-hybridized carbons (Fsp3) is 0.143. The third kappa shape index (κ3) is 6.12. The summed E-state index contributed by atoms with van der Waals surface area (Å²) < 4.78 is 0. The van der Waals surface area contributed by atoms with Crippen LogP contribution in [0, 0.1) is 0 Å². The standard InChI is InChI=1S/C28H29NOP2/c30-22-21-29(23-31(25-13-5-1-6-14-25)26-15-7-2-8-16-26)24-32(27-17-9-3-10-18-27)28-19-11-4-12-20-28/h1-20,30H,21-24H2. The minimum atomic E-state index is -0.545. The molecule has 0 atom stereocenters. The van der Waals surface area contributed by atoms with Gasteiger partial charge in [0.25, 0.3) is 0 Å². The molecule has 4 aromatic rings. The van der Waals surface area contributed by atoms with E-state index >= 15 is 0 Å². The highest BCUT2D eigenvalue weighted by Gasteiger charge is 2.22. The van der Waals surface area contributed by atoms with Crippen LogP contribution in [-0.4, -0.2) is 35.7 Å². The molecule has 0 radical (unpaired) electrons. The maximum absolute atomic E-state index is 9.92. The number of benzene rings is 4. The molecule has 32 heavy (non-hydrogen) atoms. The minimum Gasteiger partial charge on any atom is -0.395 e. The summed E-state index contributed by atoms with van der Waals surface area (Å²) in [6.45, 7) is 0.844. The number of hydrogen-bond donors (Lipinski definition) is 1. The third-order valence-corrected chi connectivity index (χ3v) is 10.4. The molecule has 0 heterocycles. The van der Waals surface area contributed by atoms with E-state index in [1.807, 2.05) is 0 Å². The Bertz CT molecular complexity index is 882. The van der Waals surface area contributed by atoms with Gasteiger partial charge in [-0.05, 0) is 37.1 Å². The Kier molecular flexibility index (Phi) is 8.60. The summed E-state index contributed by atoms with van der Waals surface area (Å²) in [5.41, 5.74) is 0. The Morgan fingerprint density at radius 1 is 0.469 bits per heavy atom. The molecule has 2 nitrogen and oxygen atoms in total. The van der Waals surface area contributed by atoms with E-state index in [1.54, 1.807) is 0 Å². The molecule has 0 unspecified atom stereocenters. The Balaban J connectivity index is 1.65. The number of rotatable bonds is 10. The molecule has 0 bridgehead atoms. The molecular weight excluding hydrogens is 428 g/mol. The van der Waals surface area contributed by atoms with Gasteiger partial charge in [0.2, 0.25) is 0 Å². The molecule has 0 amide bonds. The first-order valence-electron chi connectivity index (χ1n) is 10.9. The van der Waals surface area contributed by atoms with Gasteiger partial charge >= 0.3 is 0 Å². The van der Waals surface area contributed by atoms with E-state index in [-0.39, 0.29) is 6.61 Å². The van der Waals surface area contributed by atoms with E-state index in [0.29, 0.717) is 6.54 Å². The molecule has 0 aliphatic carbocycles. The summed E-state index contributed by atoms with van der Waals surface area (Å²) in [5, 5.41) is 15.4. The van der Waals surface area contributed by atoms with E-state index in [2.05, 4.69) is 126 Å². The average molecular weight is 457 g/mol. The summed E-state index contributed by atoms with van der Waals surface area (Å²) in [6, 6.07) is 43.3. The average Bonchev–Trinajstić information content (AvgIpc) is 2.88. The van der Waals surface area contributed by atoms with Crippen molar-refractivity contribution in [1.29, 1.82) is 0 Å². The van der Waals surface area contributed by atoms with Gasteiger partial charge in [0.15, 0.2) is 0 Å². The molecule has 162 valence electrons. The van der Waals surface area contributed by atoms with Gasteiger partial charge in [-0.1, -0.05) is 121 Å². The fourth-order valence-corrected chi connectivity index (χ4v) is 8.60. The monoisotopic (exact) mass is 457 g/mol. The normalized spacial score (nSPS) is 11.4. The van der Waals surface area contributed by atoms with Gasteiger partial charge in [0.1, 0.15) is 0 Å². The zero-order valence-electron chi connectivity index (χ0n) is 18.2. The highest BCUT2D eigenvalue weighted by atomic mass is 31.1. The van der Waals surface area contributed by atoms with Crippen molar-refractivity contribution in [2.45, 2.75) is 0 Å². The molecule has 0 saturated carbocycles. The van der Waals surface area contributed by atoms with Crippen molar-refractivity contribution in [2.24, 2.45) is 0 Å².